The summed E-state index contributed by atoms with van der Waals surface area (Å²) in [4.78, 5) is 7.32. The average Bonchev–Trinajstić information content (AvgIpc) is 2.60. The molecule has 2 rings (SSSR count). The van der Waals surface area contributed by atoms with E-state index in [-0.39, 0.29) is 11.3 Å². The van der Waals surface area contributed by atoms with E-state index >= 15 is 0 Å². The monoisotopic (exact) mass is 396 g/mol. The van der Waals surface area contributed by atoms with E-state index in [0.717, 1.165) is 0 Å². The van der Waals surface area contributed by atoms with Gasteiger partial charge in [0.2, 0.25) is 0 Å². The van der Waals surface area contributed by atoms with E-state index in [1.165, 1.54) is 45.2 Å². The molecule has 0 radical (unpaired) electrons. The molecule has 0 spiro atoms. The highest BCUT2D eigenvalue weighted by Gasteiger charge is 2.74. The van der Waals surface area contributed by atoms with Crippen molar-refractivity contribution in [3.05, 3.63) is 41.7 Å². The molecule has 0 unspecified atom stereocenters. The van der Waals surface area contributed by atoms with Gasteiger partial charge in [-0.1, -0.05) is 13.8 Å². The molecule has 0 atom stereocenters. The summed E-state index contributed by atoms with van der Waals surface area (Å²) < 4.78 is 97.5. The Morgan fingerprint density at radius 2 is 1.44 bits per heavy atom. The van der Waals surface area contributed by atoms with E-state index in [4.69, 9.17) is 4.74 Å². The van der Waals surface area contributed by atoms with Gasteiger partial charge in [-0.2, -0.15) is 30.7 Å². The fourth-order valence-electron chi connectivity index (χ4n) is 2.13. The van der Waals surface area contributed by atoms with E-state index in [1.54, 1.807) is 0 Å². The summed E-state index contributed by atoms with van der Waals surface area (Å²) in [5.74, 6) is -12.3. The Hall–Kier alpha value is -2.39. The summed E-state index contributed by atoms with van der Waals surface area (Å²) in [7, 11) is 1.39. The molecule has 0 amide bonds. The van der Waals surface area contributed by atoms with Crippen molar-refractivity contribution < 1.29 is 35.5 Å². The van der Waals surface area contributed by atoms with Crippen molar-refractivity contribution in [3.8, 4) is 17.1 Å². The van der Waals surface area contributed by atoms with Crippen LogP contribution in [-0.2, 0) is 5.92 Å². The van der Waals surface area contributed by atoms with Crippen LogP contribution in [0.4, 0.5) is 30.7 Å². The van der Waals surface area contributed by atoms with Crippen molar-refractivity contribution in [2.24, 2.45) is 0 Å². The van der Waals surface area contributed by atoms with Crippen molar-refractivity contribution in [3.63, 3.8) is 0 Å². The molecule has 0 fully saturated rings. The Morgan fingerprint density at radius 1 is 0.889 bits per heavy atom. The molecule has 1 aromatic heterocycles. The topological polar surface area (TPSA) is 35.0 Å². The van der Waals surface area contributed by atoms with Crippen molar-refractivity contribution in [1.82, 2.24) is 9.97 Å². The van der Waals surface area contributed by atoms with Gasteiger partial charge in [-0.05, 0) is 36.2 Å². The van der Waals surface area contributed by atoms with E-state index in [1.807, 2.05) is 0 Å². The second-order valence-corrected chi connectivity index (χ2v) is 6.03. The summed E-state index contributed by atoms with van der Waals surface area (Å²) in [6.45, 7) is 3.06. The first-order valence-corrected chi connectivity index (χ1v) is 7.67. The molecular weight excluding hydrogens is 381 g/mol. The van der Waals surface area contributed by atoms with Crippen molar-refractivity contribution in [2.75, 3.05) is 7.11 Å². The molecule has 1 heterocycles. The molecule has 27 heavy (non-hydrogen) atoms. The summed E-state index contributed by atoms with van der Waals surface area (Å²) in [6.07, 6.45) is -6.44. The van der Waals surface area contributed by atoms with E-state index in [0.29, 0.717) is 11.8 Å². The molecular formula is C17H15F7N2O. The predicted octanol–water partition coefficient (Wildman–Crippen LogP) is 5.57. The maximum absolute atomic E-state index is 14.1. The van der Waals surface area contributed by atoms with Gasteiger partial charge in [0, 0.05) is 11.3 Å². The van der Waals surface area contributed by atoms with Crippen LogP contribution in [0.2, 0.25) is 0 Å². The van der Waals surface area contributed by atoms with Gasteiger partial charge in [0.05, 0.1) is 7.11 Å². The Labute approximate surface area is 150 Å². The van der Waals surface area contributed by atoms with Gasteiger partial charge >= 0.3 is 18.0 Å². The van der Waals surface area contributed by atoms with Crippen LogP contribution in [0, 0.1) is 0 Å². The molecule has 10 heteroatoms. The summed E-state index contributed by atoms with van der Waals surface area (Å²) >= 11 is 0. The highest BCUT2D eigenvalue weighted by atomic mass is 19.4. The van der Waals surface area contributed by atoms with Crippen LogP contribution in [-0.4, -0.2) is 29.2 Å². The van der Waals surface area contributed by atoms with Gasteiger partial charge in [0.25, 0.3) is 0 Å². The van der Waals surface area contributed by atoms with Crippen LogP contribution < -0.4 is 4.74 Å². The molecule has 0 aliphatic carbocycles. The summed E-state index contributed by atoms with van der Waals surface area (Å²) in [5.41, 5.74) is -1.64. The minimum atomic E-state index is -6.44. The maximum atomic E-state index is 14.1. The number of alkyl halides is 7. The van der Waals surface area contributed by atoms with Gasteiger partial charge in [-0.3, -0.25) is 0 Å². The van der Waals surface area contributed by atoms with Gasteiger partial charge in [-0.15, -0.1) is 0 Å². The quantitative estimate of drug-likeness (QED) is 0.621. The molecule has 148 valence electrons. The van der Waals surface area contributed by atoms with Crippen molar-refractivity contribution in [2.45, 2.75) is 37.8 Å². The second-order valence-electron chi connectivity index (χ2n) is 6.03. The normalized spacial score (nSPS) is 13.1. The lowest BCUT2D eigenvalue weighted by atomic mass is 10.0. The molecule has 0 saturated carbocycles. The van der Waals surface area contributed by atoms with E-state index < -0.39 is 35.5 Å². The molecule has 0 saturated heterocycles. The second kappa shape index (κ2) is 6.97. The van der Waals surface area contributed by atoms with Crippen molar-refractivity contribution >= 4 is 0 Å². The first-order chi connectivity index (χ1) is 12.3. The van der Waals surface area contributed by atoms with Crippen LogP contribution in [0.3, 0.4) is 0 Å². The molecule has 2 aromatic rings. The van der Waals surface area contributed by atoms with Crippen LogP contribution in [0.1, 0.15) is 31.2 Å². The van der Waals surface area contributed by atoms with Crippen LogP contribution in [0.15, 0.2) is 30.3 Å². The lowest BCUT2D eigenvalue weighted by Gasteiger charge is -2.28. The Kier molecular flexibility index (Phi) is 5.40. The van der Waals surface area contributed by atoms with E-state index in [9.17, 15) is 30.7 Å². The zero-order chi connectivity index (χ0) is 20.6. The zero-order valence-corrected chi connectivity index (χ0v) is 14.4. The SMILES string of the molecule is COc1ccc(-c2nc(C(C)C)cc(C(F)(F)C(F)(F)C(F)(F)F)n2)cc1. The maximum Gasteiger partial charge on any atom is 0.460 e. The molecule has 0 aliphatic rings. The predicted molar refractivity (Wildman–Crippen MR) is 83.0 cm³/mol. The van der Waals surface area contributed by atoms with Crippen LogP contribution in [0.25, 0.3) is 11.4 Å². The zero-order valence-electron chi connectivity index (χ0n) is 14.4. The summed E-state index contributed by atoms with van der Waals surface area (Å²) in [6, 6.07) is 6.12. The van der Waals surface area contributed by atoms with Gasteiger partial charge in [0.1, 0.15) is 11.4 Å². The number of hydrogen-bond donors (Lipinski definition) is 0. The smallest absolute Gasteiger partial charge is 0.460 e. The molecule has 1 aromatic carbocycles. The van der Waals surface area contributed by atoms with Gasteiger partial charge < -0.3 is 4.74 Å². The van der Waals surface area contributed by atoms with Crippen LogP contribution in [0.5, 0.6) is 5.75 Å². The Bertz CT molecular complexity index is 802. The number of benzene rings is 1. The third-order valence-corrected chi connectivity index (χ3v) is 3.76. The first kappa shape index (κ1) is 20.9. The average molecular weight is 396 g/mol. The lowest BCUT2D eigenvalue weighted by Crippen LogP contribution is -2.50. The number of hydrogen-bond acceptors (Lipinski definition) is 3. The van der Waals surface area contributed by atoms with Crippen molar-refractivity contribution in [1.29, 1.82) is 0 Å². The standard InChI is InChI=1S/C17H15F7N2O/c1-9(2)12-8-13(15(18,19)16(20,21)17(22,23)24)26-14(25-12)10-4-6-11(27-3)7-5-10/h4-9H,1-3H3. The fraction of sp³-hybridized carbons (Fsp3) is 0.412. The number of methoxy groups -OCH3 is 1. The van der Waals surface area contributed by atoms with Gasteiger partial charge in [0.15, 0.2) is 5.82 Å². The molecule has 3 nitrogen and oxygen atoms in total. The number of rotatable bonds is 5. The number of aromatic nitrogens is 2. The van der Waals surface area contributed by atoms with E-state index in [2.05, 4.69) is 9.97 Å². The molecule has 0 aliphatic heterocycles. The summed E-state index contributed by atoms with van der Waals surface area (Å²) in [5, 5.41) is 0. The number of nitrogens with zero attached hydrogens (tertiary/aromatic N) is 2. The third-order valence-electron chi connectivity index (χ3n) is 3.76. The van der Waals surface area contributed by atoms with Crippen LogP contribution >= 0.6 is 0 Å². The largest absolute Gasteiger partial charge is 0.497 e. The fourth-order valence-corrected chi connectivity index (χ4v) is 2.13. The highest BCUT2D eigenvalue weighted by Crippen LogP contribution is 2.51. The van der Waals surface area contributed by atoms with Gasteiger partial charge in [-0.25, -0.2) is 9.97 Å². The number of halogens is 7. The minimum absolute atomic E-state index is 0.0940. The Morgan fingerprint density at radius 3 is 1.89 bits per heavy atom. The highest BCUT2D eigenvalue weighted by molar-refractivity contribution is 5.57. The Balaban J connectivity index is 2.65. The molecule has 0 N–H and O–H groups in total. The molecule has 0 bridgehead atoms. The first-order valence-electron chi connectivity index (χ1n) is 7.67. The minimum Gasteiger partial charge on any atom is -0.497 e. The third kappa shape index (κ3) is 3.84. The number of ether oxygens (including phenoxy) is 1. The lowest BCUT2D eigenvalue weighted by molar-refractivity contribution is -0.360.